The molecule has 0 radical (unpaired) electrons. The first-order valence-electron chi connectivity index (χ1n) is 5.26. The van der Waals surface area contributed by atoms with Gasteiger partial charge in [-0.15, -0.1) is 0 Å². The second-order valence-corrected chi connectivity index (χ2v) is 5.49. The molecule has 1 N–H and O–H groups in total. The van der Waals surface area contributed by atoms with Crippen LogP contribution in [-0.4, -0.2) is 11.2 Å². The topological polar surface area (TPSA) is 20.2 Å². The second-order valence-electron chi connectivity index (χ2n) is 5.49. The van der Waals surface area contributed by atoms with Gasteiger partial charge in [-0.3, -0.25) is 0 Å². The van der Waals surface area contributed by atoms with Gasteiger partial charge in [-0.2, -0.15) is 0 Å². The van der Waals surface area contributed by atoms with E-state index in [0.29, 0.717) is 0 Å². The van der Waals surface area contributed by atoms with Gasteiger partial charge in [0.25, 0.3) is 0 Å². The molecular formula is C11H12O. The summed E-state index contributed by atoms with van der Waals surface area (Å²) in [5, 5.41) is 9.97. The molecule has 7 aliphatic rings. The molecule has 0 aromatic carbocycles. The van der Waals surface area contributed by atoms with E-state index in [1.807, 2.05) is 0 Å². The fourth-order valence-electron chi connectivity index (χ4n) is 5.27. The van der Waals surface area contributed by atoms with Gasteiger partial charge in [0.2, 0.25) is 0 Å². The molecule has 1 heteroatoms. The van der Waals surface area contributed by atoms with E-state index in [2.05, 4.69) is 12.2 Å². The lowest BCUT2D eigenvalue weighted by Crippen LogP contribution is -2.23. The molecule has 0 aromatic rings. The maximum atomic E-state index is 9.97. The molecule has 8 bridgehead atoms. The fraction of sp³-hybridized carbons (Fsp3) is 0.818. The molecule has 0 aromatic heterocycles. The van der Waals surface area contributed by atoms with Crippen molar-refractivity contribution in [1.29, 1.82) is 0 Å². The van der Waals surface area contributed by atoms with Crippen LogP contribution in [0.15, 0.2) is 12.2 Å². The molecule has 7 rings (SSSR count). The molecule has 7 aliphatic carbocycles. The highest BCUT2D eigenvalue weighted by Gasteiger charge is 2.82. The van der Waals surface area contributed by atoms with Gasteiger partial charge < -0.3 is 5.11 Å². The summed E-state index contributed by atoms with van der Waals surface area (Å²) < 4.78 is 0. The summed E-state index contributed by atoms with van der Waals surface area (Å²) in [5.41, 5.74) is 0. The first-order valence-corrected chi connectivity index (χ1v) is 5.26. The Labute approximate surface area is 71.5 Å². The van der Waals surface area contributed by atoms with Gasteiger partial charge >= 0.3 is 0 Å². The molecule has 62 valence electrons. The molecule has 4 unspecified atom stereocenters. The number of aliphatic hydroxyl groups excluding tert-OH is 1. The summed E-state index contributed by atoms with van der Waals surface area (Å²) in [7, 11) is 0. The zero-order valence-electron chi connectivity index (χ0n) is 6.80. The van der Waals surface area contributed by atoms with Crippen LogP contribution < -0.4 is 0 Å². The third kappa shape index (κ3) is 0.310. The van der Waals surface area contributed by atoms with E-state index in [0.717, 1.165) is 47.3 Å². The molecule has 12 heavy (non-hydrogen) atoms. The summed E-state index contributed by atoms with van der Waals surface area (Å²) >= 11 is 0. The molecule has 5 saturated carbocycles. The standard InChI is InChI=1S/C11H12O/c12-11-9-5-3-1-2-4(7(5)9)8-6(3)10(8)11/h1-12H/t3?,4?,5-,6+,7+,8-,9?,10?,11?. The Morgan fingerprint density at radius 2 is 1.08 bits per heavy atom. The number of allylic oxidation sites excluding steroid dienone is 2. The van der Waals surface area contributed by atoms with Gasteiger partial charge in [0.05, 0.1) is 6.10 Å². The lowest BCUT2D eigenvalue weighted by Gasteiger charge is -2.28. The van der Waals surface area contributed by atoms with Gasteiger partial charge in [-0.1, -0.05) is 12.2 Å². The van der Waals surface area contributed by atoms with E-state index in [1.54, 1.807) is 0 Å². The maximum Gasteiger partial charge on any atom is 0.0608 e. The summed E-state index contributed by atoms with van der Waals surface area (Å²) in [6, 6.07) is 0. The minimum Gasteiger partial charge on any atom is -0.393 e. The highest BCUT2D eigenvalue weighted by Crippen LogP contribution is 2.83. The first-order chi connectivity index (χ1) is 5.89. The summed E-state index contributed by atoms with van der Waals surface area (Å²) in [6.45, 7) is 0. The predicted octanol–water partition coefficient (Wildman–Crippen LogP) is 0.901. The van der Waals surface area contributed by atoms with Crippen LogP contribution in [0.2, 0.25) is 0 Å². The maximum absolute atomic E-state index is 9.97. The van der Waals surface area contributed by atoms with Crippen LogP contribution in [0.5, 0.6) is 0 Å². The van der Waals surface area contributed by atoms with Crippen molar-refractivity contribution in [2.75, 3.05) is 0 Å². The van der Waals surface area contributed by atoms with E-state index >= 15 is 0 Å². The Morgan fingerprint density at radius 3 is 1.50 bits per heavy atom. The summed E-state index contributed by atoms with van der Waals surface area (Å²) in [4.78, 5) is 0. The predicted molar refractivity (Wildman–Crippen MR) is 43.1 cm³/mol. The van der Waals surface area contributed by atoms with Gasteiger partial charge in [0, 0.05) is 0 Å². The average Bonchev–Trinajstić information content (AvgIpc) is 2.96. The molecule has 8 atom stereocenters. The Kier molecular flexibility index (Phi) is 0.554. The Balaban J connectivity index is 1.82. The minimum atomic E-state index is 0.113. The van der Waals surface area contributed by atoms with Crippen molar-refractivity contribution >= 4 is 0 Å². The van der Waals surface area contributed by atoms with Crippen LogP contribution in [0.3, 0.4) is 0 Å². The van der Waals surface area contributed by atoms with Crippen molar-refractivity contribution < 1.29 is 5.11 Å². The van der Waals surface area contributed by atoms with E-state index in [1.165, 1.54) is 0 Å². The van der Waals surface area contributed by atoms with Crippen molar-refractivity contribution in [2.24, 2.45) is 47.3 Å². The highest BCUT2D eigenvalue weighted by molar-refractivity contribution is 5.37. The Hall–Kier alpha value is -0.300. The largest absolute Gasteiger partial charge is 0.393 e. The zero-order chi connectivity index (χ0) is 7.61. The number of hydrogen-bond donors (Lipinski definition) is 1. The number of aliphatic hydroxyl groups is 1. The van der Waals surface area contributed by atoms with Crippen molar-refractivity contribution in [2.45, 2.75) is 6.10 Å². The quantitative estimate of drug-likeness (QED) is 0.522. The van der Waals surface area contributed by atoms with Gasteiger partial charge in [0.1, 0.15) is 0 Å². The van der Waals surface area contributed by atoms with E-state index in [4.69, 9.17) is 0 Å². The number of hydrogen-bond acceptors (Lipinski definition) is 1. The highest BCUT2D eigenvalue weighted by atomic mass is 16.3. The Morgan fingerprint density at radius 1 is 0.667 bits per heavy atom. The van der Waals surface area contributed by atoms with Crippen LogP contribution in [0.1, 0.15) is 0 Å². The van der Waals surface area contributed by atoms with Crippen LogP contribution >= 0.6 is 0 Å². The molecular weight excluding hydrogens is 148 g/mol. The summed E-state index contributed by atoms with van der Waals surface area (Å²) in [5.74, 6) is 6.98. The van der Waals surface area contributed by atoms with Crippen LogP contribution in [0.4, 0.5) is 0 Å². The molecule has 0 spiro atoms. The Bertz CT molecular complexity index is 271. The molecule has 0 aliphatic heterocycles. The van der Waals surface area contributed by atoms with Crippen molar-refractivity contribution in [3.05, 3.63) is 12.2 Å². The number of rotatable bonds is 0. The van der Waals surface area contributed by atoms with Gasteiger partial charge in [-0.25, -0.2) is 0 Å². The van der Waals surface area contributed by atoms with Crippen molar-refractivity contribution in [1.82, 2.24) is 0 Å². The van der Waals surface area contributed by atoms with E-state index in [9.17, 15) is 5.11 Å². The smallest absolute Gasteiger partial charge is 0.0608 e. The van der Waals surface area contributed by atoms with Crippen molar-refractivity contribution in [3.63, 3.8) is 0 Å². The molecule has 0 amide bonds. The first kappa shape index (κ1) is 5.43. The van der Waals surface area contributed by atoms with Gasteiger partial charge in [0.15, 0.2) is 0 Å². The van der Waals surface area contributed by atoms with Crippen LogP contribution in [0, 0.1) is 47.3 Å². The molecule has 0 saturated heterocycles. The lowest BCUT2D eigenvalue weighted by molar-refractivity contribution is 0.0790. The fourth-order valence-corrected chi connectivity index (χ4v) is 5.27. The monoisotopic (exact) mass is 160 g/mol. The second kappa shape index (κ2) is 1.22. The van der Waals surface area contributed by atoms with E-state index < -0.39 is 0 Å². The van der Waals surface area contributed by atoms with Crippen LogP contribution in [0.25, 0.3) is 0 Å². The molecule has 1 nitrogen and oxygen atoms in total. The lowest BCUT2D eigenvalue weighted by atomic mass is 9.76. The van der Waals surface area contributed by atoms with E-state index in [-0.39, 0.29) is 6.10 Å². The zero-order valence-corrected chi connectivity index (χ0v) is 6.80. The third-order valence-electron chi connectivity index (χ3n) is 5.51. The summed E-state index contributed by atoms with van der Waals surface area (Å²) in [6.07, 6.45) is 5.06. The average molecular weight is 160 g/mol. The van der Waals surface area contributed by atoms with Gasteiger partial charge in [-0.05, 0) is 47.3 Å². The SMILES string of the molecule is OC1C2[C@H]3C4C=CC([C@@H]5C1[C@H]45)[C@@H]23. The minimum absolute atomic E-state index is 0.113. The molecule has 0 heterocycles. The third-order valence-corrected chi connectivity index (χ3v) is 5.51. The molecule has 5 fully saturated rings. The van der Waals surface area contributed by atoms with Crippen LogP contribution in [-0.2, 0) is 0 Å². The normalized spacial score (nSPS) is 83.9. The van der Waals surface area contributed by atoms with Crippen molar-refractivity contribution in [3.8, 4) is 0 Å².